The quantitative estimate of drug-likeness (QED) is 0.816. The maximum atomic E-state index is 12.1. The number of nitrogens with one attached hydrogen (secondary N) is 1. The van der Waals surface area contributed by atoms with E-state index in [0.29, 0.717) is 6.54 Å². The molecule has 78 valence electrons. The van der Waals surface area contributed by atoms with E-state index in [2.05, 4.69) is 10.3 Å². The highest BCUT2D eigenvalue weighted by molar-refractivity contribution is 5.15. The third kappa shape index (κ3) is 2.99. The van der Waals surface area contributed by atoms with Gasteiger partial charge in [0.1, 0.15) is 5.69 Å². The van der Waals surface area contributed by atoms with E-state index in [9.17, 15) is 13.2 Å². The van der Waals surface area contributed by atoms with Gasteiger partial charge in [-0.2, -0.15) is 13.2 Å². The second kappa shape index (κ2) is 4.41. The van der Waals surface area contributed by atoms with E-state index < -0.39 is 11.9 Å². The van der Waals surface area contributed by atoms with E-state index in [0.717, 1.165) is 18.2 Å². The average Bonchev–Trinajstić information content (AvgIpc) is 2.14. The summed E-state index contributed by atoms with van der Waals surface area (Å²) < 4.78 is 36.3. The second-order valence-corrected chi connectivity index (χ2v) is 2.83. The van der Waals surface area contributed by atoms with Gasteiger partial charge < -0.3 is 5.32 Å². The zero-order valence-electron chi connectivity index (χ0n) is 7.73. The van der Waals surface area contributed by atoms with Crippen LogP contribution in [0.25, 0.3) is 0 Å². The molecule has 5 heteroatoms. The van der Waals surface area contributed by atoms with Crippen molar-refractivity contribution in [2.45, 2.75) is 19.6 Å². The summed E-state index contributed by atoms with van der Waals surface area (Å²) in [5, 5.41) is 3.00. The van der Waals surface area contributed by atoms with Crippen LogP contribution in [0.5, 0.6) is 0 Å². The molecule has 0 spiro atoms. The SMILES string of the molecule is CCNCc1ccc(C(F)(F)F)nc1. The highest BCUT2D eigenvalue weighted by Gasteiger charge is 2.31. The molecule has 1 N–H and O–H groups in total. The maximum Gasteiger partial charge on any atom is 0.433 e. The van der Waals surface area contributed by atoms with Crippen molar-refractivity contribution in [3.8, 4) is 0 Å². The van der Waals surface area contributed by atoms with Gasteiger partial charge in [-0.25, -0.2) is 0 Å². The van der Waals surface area contributed by atoms with Crippen molar-refractivity contribution < 1.29 is 13.2 Å². The third-order valence-electron chi connectivity index (χ3n) is 1.69. The molecule has 1 rings (SSSR count). The molecule has 0 saturated heterocycles. The summed E-state index contributed by atoms with van der Waals surface area (Å²) in [6.45, 7) is 3.25. The van der Waals surface area contributed by atoms with Crippen molar-refractivity contribution in [1.29, 1.82) is 0 Å². The first-order chi connectivity index (χ1) is 6.54. The summed E-state index contributed by atoms with van der Waals surface area (Å²) in [7, 11) is 0. The first kappa shape index (κ1) is 11.0. The minimum atomic E-state index is -4.35. The van der Waals surface area contributed by atoms with Crippen molar-refractivity contribution in [2.24, 2.45) is 0 Å². The molecule has 0 amide bonds. The van der Waals surface area contributed by atoms with Crippen molar-refractivity contribution in [2.75, 3.05) is 6.54 Å². The van der Waals surface area contributed by atoms with Gasteiger partial charge in [0, 0.05) is 12.7 Å². The number of hydrogen-bond donors (Lipinski definition) is 1. The lowest BCUT2D eigenvalue weighted by atomic mass is 10.2. The summed E-state index contributed by atoms with van der Waals surface area (Å²) in [6.07, 6.45) is -3.11. The van der Waals surface area contributed by atoms with Gasteiger partial charge in [0.05, 0.1) is 0 Å². The standard InChI is InChI=1S/C9H11F3N2/c1-2-13-5-7-3-4-8(14-6-7)9(10,11)12/h3-4,6,13H,2,5H2,1H3. The van der Waals surface area contributed by atoms with Gasteiger partial charge in [-0.1, -0.05) is 13.0 Å². The van der Waals surface area contributed by atoms with E-state index in [1.165, 1.54) is 12.3 Å². The number of pyridine rings is 1. The molecule has 0 aliphatic carbocycles. The second-order valence-electron chi connectivity index (χ2n) is 2.83. The Hall–Kier alpha value is -1.10. The third-order valence-corrected chi connectivity index (χ3v) is 1.69. The van der Waals surface area contributed by atoms with Crippen LogP contribution in [-0.2, 0) is 12.7 Å². The van der Waals surface area contributed by atoms with Crippen LogP contribution in [0, 0.1) is 0 Å². The van der Waals surface area contributed by atoms with Crippen LogP contribution in [0.3, 0.4) is 0 Å². The molecular weight excluding hydrogens is 193 g/mol. The van der Waals surface area contributed by atoms with Gasteiger partial charge in [-0.15, -0.1) is 0 Å². The van der Waals surface area contributed by atoms with Gasteiger partial charge in [0.15, 0.2) is 0 Å². The van der Waals surface area contributed by atoms with E-state index in [4.69, 9.17) is 0 Å². The van der Waals surface area contributed by atoms with Crippen molar-refractivity contribution in [3.05, 3.63) is 29.6 Å². The Morgan fingerprint density at radius 2 is 2.07 bits per heavy atom. The Kier molecular flexibility index (Phi) is 3.46. The van der Waals surface area contributed by atoms with Gasteiger partial charge >= 0.3 is 6.18 Å². The molecule has 0 unspecified atom stereocenters. The van der Waals surface area contributed by atoms with Gasteiger partial charge in [0.2, 0.25) is 0 Å². The fraction of sp³-hybridized carbons (Fsp3) is 0.444. The number of alkyl halides is 3. The molecule has 0 atom stereocenters. The number of rotatable bonds is 3. The molecule has 0 fully saturated rings. The summed E-state index contributed by atoms with van der Waals surface area (Å²) in [5.41, 5.74) is -0.0994. The van der Waals surface area contributed by atoms with Crippen LogP contribution in [-0.4, -0.2) is 11.5 Å². The molecule has 1 heterocycles. The average molecular weight is 204 g/mol. The zero-order chi connectivity index (χ0) is 10.6. The lowest BCUT2D eigenvalue weighted by molar-refractivity contribution is -0.141. The van der Waals surface area contributed by atoms with E-state index in [1.807, 2.05) is 6.92 Å². The van der Waals surface area contributed by atoms with Crippen LogP contribution < -0.4 is 5.32 Å². The summed E-state index contributed by atoms with van der Waals surface area (Å²) in [5.74, 6) is 0. The monoisotopic (exact) mass is 204 g/mol. The molecule has 0 bridgehead atoms. The van der Waals surface area contributed by atoms with Crippen LogP contribution in [0.4, 0.5) is 13.2 Å². The molecule has 0 aromatic carbocycles. The normalized spacial score (nSPS) is 11.7. The molecule has 0 aliphatic rings. The number of nitrogens with zero attached hydrogens (tertiary/aromatic N) is 1. The molecule has 0 saturated carbocycles. The van der Waals surface area contributed by atoms with E-state index in [-0.39, 0.29) is 0 Å². The highest BCUT2D eigenvalue weighted by Crippen LogP contribution is 2.27. The lowest BCUT2D eigenvalue weighted by Crippen LogP contribution is -2.13. The molecule has 0 aliphatic heterocycles. The Morgan fingerprint density at radius 3 is 2.50 bits per heavy atom. The van der Waals surface area contributed by atoms with Crippen molar-refractivity contribution in [3.63, 3.8) is 0 Å². The van der Waals surface area contributed by atoms with Crippen LogP contribution in [0.1, 0.15) is 18.2 Å². The first-order valence-corrected chi connectivity index (χ1v) is 4.27. The zero-order valence-corrected chi connectivity index (χ0v) is 7.73. The molecule has 2 nitrogen and oxygen atoms in total. The maximum absolute atomic E-state index is 12.1. The van der Waals surface area contributed by atoms with Crippen molar-refractivity contribution in [1.82, 2.24) is 10.3 Å². The lowest BCUT2D eigenvalue weighted by Gasteiger charge is -2.06. The van der Waals surface area contributed by atoms with E-state index in [1.54, 1.807) is 0 Å². The molecule has 14 heavy (non-hydrogen) atoms. The Labute approximate surface area is 80.2 Å². The molecule has 1 aromatic heterocycles. The van der Waals surface area contributed by atoms with Gasteiger partial charge in [0.25, 0.3) is 0 Å². The first-order valence-electron chi connectivity index (χ1n) is 4.27. The Balaban J connectivity index is 2.69. The number of halogens is 3. The highest BCUT2D eigenvalue weighted by atomic mass is 19.4. The smallest absolute Gasteiger partial charge is 0.313 e. The summed E-state index contributed by atoms with van der Waals surface area (Å²) in [4.78, 5) is 3.34. The fourth-order valence-electron chi connectivity index (χ4n) is 0.966. The predicted molar refractivity (Wildman–Crippen MR) is 46.6 cm³/mol. The minimum Gasteiger partial charge on any atom is -0.313 e. The van der Waals surface area contributed by atoms with Gasteiger partial charge in [-0.05, 0) is 18.2 Å². The summed E-state index contributed by atoms with van der Waals surface area (Å²) >= 11 is 0. The molecular formula is C9H11F3N2. The van der Waals surface area contributed by atoms with Crippen LogP contribution >= 0.6 is 0 Å². The van der Waals surface area contributed by atoms with Gasteiger partial charge in [-0.3, -0.25) is 4.98 Å². The largest absolute Gasteiger partial charge is 0.433 e. The predicted octanol–water partition coefficient (Wildman–Crippen LogP) is 2.21. The minimum absolute atomic E-state index is 0.543. The molecule has 0 radical (unpaired) electrons. The number of aromatic nitrogens is 1. The summed E-state index contributed by atoms with van der Waals surface area (Å²) in [6, 6.07) is 2.42. The van der Waals surface area contributed by atoms with Crippen LogP contribution in [0.15, 0.2) is 18.3 Å². The Bertz CT molecular complexity index is 279. The van der Waals surface area contributed by atoms with Crippen molar-refractivity contribution >= 4 is 0 Å². The number of hydrogen-bond acceptors (Lipinski definition) is 2. The fourth-order valence-corrected chi connectivity index (χ4v) is 0.966. The Morgan fingerprint density at radius 1 is 1.36 bits per heavy atom. The van der Waals surface area contributed by atoms with Crippen LogP contribution in [0.2, 0.25) is 0 Å². The molecule has 1 aromatic rings. The topological polar surface area (TPSA) is 24.9 Å². The van der Waals surface area contributed by atoms with E-state index >= 15 is 0 Å².